The predicted molar refractivity (Wildman–Crippen MR) is 106 cm³/mol. The summed E-state index contributed by atoms with van der Waals surface area (Å²) in [7, 11) is 0. The van der Waals surface area contributed by atoms with Crippen LogP contribution in [0.25, 0.3) is 0 Å². The van der Waals surface area contributed by atoms with Gasteiger partial charge in [0.2, 0.25) is 0 Å². The first-order valence-electron chi connectivity index (χ1n) is 10.2. The molecule has 1 fully saturated rings. The molecule has 4 atom stereocenters. The van der Waals surface area contributed by atoms with Gasteiger partial charge in [-0.2, -0.15) is 0 Å². The van der Waals surface area contributed by atoms with Crippen LogP contribution in [0, 0.1) is 17.3 Å². The van der Waals surface area contributed by atoms with Crippen LogP contribution >= 0.6 is 0 Å². The summed E-state index contributed by atoms with van der Waals surface area (Å²) < 4.78 is 0. The van der Waals surface area contributed by atoms with E-state index >= 15 is 0 Å². The lowest BCUT2D eigenvalue weighted by Crippen LogP contribution is -2.27. The van der Waals surface area contributed by atoms with Gasteiger partial charge in [-0.3, -0.25) is 4.79 Å². The van der Waals surface area contributed by atoms with Gasteiger partial charge in [0.15, 0.2) is 0 Å². The molecule has 1 rings (SSSR count). The number of carboxylic acids is 1. The number of aliphatic hydroxyl groups is 2. The zero-order chi connectivity index (χ0) is 19.6. The molecule has 1 aliphatic rings. The molecule has 0 saturated heterocycles. The summed E-state index contributed by atoms with van der Waals surface area (Å²) in [6.45, 7) is 6.38. The molecule has 0 aromatic heterocycles. The Bertz CT molecular complexity index is 467. The van der Waals surface area contributed by atoms with Crippen LogP contribution in [0.4, 0.5) is 0 Å². The van der Waals surface area contributed by atoms with Gasteiger partial charge in [0.25, 0.3) is 0 Å². The number of hydrogen-bond donors (Lipinski definition) is 3. The van der Waals surface area contributed by atoms with E-state index in [9.17, 15) is 15.0 Å². The Kier molecular flexibility index (Phi) is 10.2. The first kappa shape index (κ1) is 22.9. The van der Waals surface area contributed by atoms with Crippen molar-refractivity contribution in [2.75, 3.05) is 0 Å². The smallest absolute Gasteiger partial charge is 0.303 e. The van der Waals surface area contributed by atoms with Gasteiger partial charge in [0.1, 0.15) is 0 Å². The van der Waals surface area contributed by atoms with Crippen molar-refractivity contribution in [1.82, 2.24) is 0 Å². The van der Waals surface area contributed by atoms with Gasteiger partial charge in [-0.05, 0) is 55.8 Å². The molecule has 0 radical (unpaired) electrons. The summed E-state index contributed by atoms with van der Waals surface area (Å²) in [5.41, 5.74) is -0.122. The van der Waals surface area contributed by atoms with Crippen molar-refractivity contribution < 1.29 is 20.1 Å². The molecule has 0 aromatic carbocycles. The number of unbranched alkanes of at least 4 members (excludes halogenated alkanes) is 2. The molecule has 4 heteroatoms. The standard InChI is InChI=1S/C22H38O4/c1-4-5-16-22(2,3)20(24)15-13-17-12-14-19(23)18(17)10-8-6-7-9-11-21(25)26/h6,8,13,15,17-20,23-24H,4-5,7,9-12,14,16H2,1-3H3,(H,25,26)/t17?,18-,19+,20?/m1/s1. The number of carboxylic acid groups (broad SMARTS) is 1. The largest absolute Gasteiger partial charge is 0.481 e. The lowest BCUT2D eigenvalue weighted by atomic mass is 9.80. The van der Waals surface area contributed by atoms with Crippen LogP contribution in [0.1, 0.15) is 78.6 Å². The highest BCUT2D eigenvalue weighted by Gasteiger charge is 2.33. The second-order valence-corrected chi connectivity index (χ2v) is 8.39. The molecule has 0 amide bonds. The van der Waals surface area contributed by atoms with Crippen LogP contribution in [0.2, 0.25) is 0 Å². The van der Waals surface area contributed by atoms with Gasteiger partial charge in [0.05, 0.1) is 12.2 Å². The third-order valence-electron chi connectivity index (χ3n) is 5.69. The van der Waals surface area contributed by atoms with Crippen molar-refractivity contribution >= 4 is 5.97 Å². The van der Waals surface area contributed by atoms with E-state index in [0.29, 0.717) is 12.3 Å². The minimum absolute atomic E-state index is 0.122. The molecular formula is C22H38O4. The topological polar surface area (TPSA) is 77.8 Å². The van der Waals surface area contributed by atoms with Crippen LogP contribution in [-0.4, -0.2) is 33.5 Å². The fraction of sp³-hybridized carbons (Fsp3) is 0.773. The predicted octanol–water partition coefficient (Wildman–Crippen LogP) is 4.71. The maximum Gasteiger partial charge on any atom is 0.303 e. The highest BCUT2D eigenvalue weighted by Crippen LogP contribution is 2.37. The Morgan fingerprint density at radius 3 is 2.62 bits per heavy atom. The summed E-state index contributed by atoms with van der Waals surface area (Å²) in [5.74, 6) is -0.270. The maximum atomic E-state index is 10.5. The third kappa shape index (κ3) is 8.05. The number of aliphatic hydroxyl groups excluding tert-OH is 2. The normalized spacial score (nSPS) is 25.3. The van der Waals surface area contributed by atoms with E-state index in [0.717, 1.165) is 44.9 Å². The van der Waals surface area contributed by atoms with Crippen LogP contribution in [0.15, 0.2) is 24.3 Å². The van der Waals surface area contributed by atoms with Crippen molar-refractivity contribution in [2.24, 2.45) is 17.3 Å². The average molecular weight is 367 g/mol. The molecule has 1 aliphatic carbocycles. The summed E-state index contributed by atoms with van der Waals surface area (Å²) in [5, 5.41) is 29.4. The molecule has 4 nitrogen and oxygen atoms in total. The molecule has 0 spiro atoms. The fourth-order valence-corrected chi connectivity index (χ4v) is 3.68. The first-order chi connectivity index (χ1) is 12.3. The number of rotatable bonds is 12. The van der Waals surface area contributed by atoms with Gasteiger partial charge in [-0.25, -0.2) is 0 Å². The second-order valence-electron chi connectivity index (χ2n) is 8.39. The number of hydrogen-bond acceptors (Lipinski definition) is 3. The van der Waals surface area contributed by atoms with Crippen molar-refractivity contribution in [3.8, 4) is 0 Å². The lowest BCUT2D eigenvalue weighted by Gasteiger charge is -2.29. The monoisotopic (exact) mass is 366 g/mol. The van der Waals surface area contributed by atoms with Gasteiger partial charge in [-0.1, -0.05) is 57.9 Å². The molecule has 1 saturated carbocycles. The molecule has 26 heavy (non-hydrogen) atoms. The van der Waals surface area contributed by atoms with Crippen LogP contribution in [0.5, 0.6) is 0 Å². The minimum Gasteiger partial charge on any atom is -0.481 e. The van der Waals surface area contributed by atoms with Crippen molar-refractivity contribution in [3.05, 3.63) is 24.3 Å². The van der Waals surface area contributed by atoms with Gasteiger partial charge < -0.3 is 15.3 Å². The fourth-order valence-electron chi connectivity index (χ4n) is 3.68. The van der Waals surface area contributed by atoms with E-state index in [2.05, 4.69) is 32.9 Å². The maximum absolute atomic E-state index is 10.5. The van der Waals surface area contributed by atoms with Gasteiger partial charge in [-0.15, -0.1) is 0 Å². The van der Waals surface area contributed by atoms with Crippen LogP contribution in [0.3, 0.4) is 0 Å². The second kappa shape index (κ2) is 11.6. The first-order valence-corrected chi connectivity index (χ1v) is 10.2. The Morgan fingerprint density at radius 1 is 1.23 bits per heavy atom. The SMILES string of the molecule is CCCCC(C)(C)C(O)C=CC1CC[C@H](O)[C@@H]1CC=CCCCC(=O)O. The van der Waals surface area contributed by atoms with E-state index < -0.39 is 12.1 Å². The van der Waals surface area contributed by atoms with E-state index in [1.54, 1.807) is 0 Å². The average Bonchev–Trinajstić information content (AvgIpc) is 2.93. The molecule has 0 aliphatic heterocycles. The zero-order valence-electron chi connectivity index (χ0n) is 16.7. The Labute approximate surface area is 159 Å². The quantitative estimate of drug-likeness (QED) is 0.345. The zero-order valence-corrected chi connectivity index (χ0v) is 16.7. The molecule has 3 N–H and O–H groups in total. The van der Waals surface area contributed by atoms with Crippen LogP contribution < -0.4 is 0 Å². The van der Waals surface area contributed by atoms with E-state index in [1.165, 1.54) is 0 Å². The molecule has 0 bridgehead atoms. The summed E-state index contributed by atoms with van der Waals surface area (Å²) in [6, 6.07) is 0. The third-order valence-corrected chi connectivity index (χ3v) is 5.69. The van der Waals surface area contributed by atoms with E-state index in [-0.39, 0.29) is 23.9 Å². The summed E-state index contributed by atoms with van der Waals surface area (Å²) >= 11 is 0. The Hall–Kier alpha value is -1.13. The Morgan fingerprint density at radius 2 is 1.96 bits per heavy atom. The molecular weight excluding hydrogens is 328 g/mol. The van der Waals surface area contributed by atoms with Gasteiger partial charge in [0, 0.05) is 6.42 Å². The lowest BCUT2D eigenvalue weighted by molar-refractivity contribution is -0.137. The van der Waals surface area contributed by atoms with Crippen LogP contribution in [-0.2, 0) is 4.79 Å². The summed E-state index contributed by atoms with van der Waals surface area (Å²) in [4.78, 5) is 10.5. The minimum atomic E-state index is -0.754. The van der Waals surface area contributed by atoms with Gasteiger partial charge >= 0.3 is 5.97 Å². The molecule has 2 unspecified atom stereocenters. The van der Waals surface area contributed by atoms with Crippen molar-refractivity contribution in [1.29, 1.82) is 0 Å². The number of allylic oxidation sites excluding steroid dienone is 3. The molecule has 150 valence electrons. The van der Waals surface area contributed by atoms with E-state index in [4.69, 9.17) is 5.11 Å². The molecule has 0 aromatic rings. The van der Waals surface area contributed by atoms with Crippen molar-refractivity contribution in [3.63, 3.8) is 0 Å². The summed E-state index contributed by atoms with van der Waals surface area (Å²) in [6.07, 6.45) is 14.8. The highest BCUT2D eigenvalue weighted by molar-refractivity contribution is 5.66. The number of carbonyl (C=O) groups is 1. The van der Waals surface area contributed by atoms with Crippen molar-refractivity contribution in [2.45, 2.75) is 90.8 Å². The number of aliphatic carboxylic acids is 1. The Balaban J connectivity index is 2.51. The molecule has 0 heterocycles. The highest BCUT2D eigenvalue weighted by atomic mass is 16.4. The van der Waals surface area contributed by atoms with E-state index in [1.807, 2.05) is 12.2 Å².